The molecule has 1 unspecified atom stereocenters. The van der Waals surface area contributed by atoms with Gasteiger partial charge in [0.2, 0.25) is 0 Å². The van der Waals surface area contributed by atoms with Crippen molar-refractivity contribution in [2.45, 2.75) is 65.1 Å². The number of carbonyl (C=O) groups excluding carboxylic acids is 2. The number of ether oxygens (including phenoxy) is 1. The van der Waals surface area contributed by atoms with Crippen LogP contribution in [0.5, 0.6) is 5.75 Å². The highest BCUT2D eigenvalue weighted by Crippen LogP contribution is 2.42. The number of halogens is 3. The van der Waals surface area contributed by atoms with Crippen LogP contribution in [-0.2, 0) is 21.4 Å². The van der Waals surface area contributed by atoms with Crippen LogP contribution in [0, 0.1) is 54.0 Å². The highest BCUT2D eigenvalue weighted by atomic mass is 32.2. The molecule has 0 heterocycles. The molecule has 0 bridgehead atoms. The van der Waals surface area contributed by atoms with Crippen LogP contribution in [0.25, 0.3) is 19.4 Å². The molecule has 4 amide bonds. The smallest absolute Gasteiger partial charge is 0.417 e. The van der Waals surface area contributed by atoms with Gasteiger partial charge in [0.15, 0.2) is 33.8 Å². The van der Waals surface area contributed by atoms with Crippen molar-refractivity contribution in [3.63, 3.8) is 0 Å². The standard InChI is InChI=1S/C23H27N5O4S.C18H14F3N5O/c1-15(2)32-33(30)22-14-19(25-6)18(24-5)13-20(22)27-28-23(29)26-10-7-11-31-21-9-8-16(3)12-17(21)4;1-10-5-11(2)7-12(6-10)24-17(27)26-25-14-9-16(23-4)15(22-3)8-13(14)18(19,20)21/h8-9,12-15,27H,7,10-11H2,1-4H3,(H2,26,28,29);5-9,25H,1-2H3,(H2,24,26,27). The van der Waals surface area contributed by atoms with Gasteiger partial charge in [-0.25, -0.2) is 13.8 Å². The third kappa shape index (κ3) is 14.3. The normalized spacial score (nSPS) is 10.9. The number of amides is 4. The Hall–Kier alpha value is -7.32. The molecule has 0 saturated carbocycles. The summed E-state index contributed by atoms with van der Waals surface area (Å²) in [6.45, 7) is 40.3. The SMILES string of the molecule is [C-]#[N+]c1cc(NNC(=O)NCCCOc2ccc(C)cc2C)c(S(=O)OC(C)C)cc1[N+]#[C-].[C-]#[N+]c1cc(NNC(=O)Nc2cc(C)cc(C)c2)c(C(F)(F)F)cc1[N+]#[C-]. The first-order valence-electron chi connectivity index (χ1n) is 17.8. The molecule has 0 saturated heterocycles. The third-order valence-electron chi connectivity index (χ3n) is 7.73. The summed E-state index contributed by atoms with van der Waals surface area (Å²) in [6.07, 6.45) is -4.49. The Morgan fingerprint density at radius 2 is 1.28 bits per heavy atom. The zero-order chi connectivity index (χ0) is 44.6. The van der Waals surface area contributed by atoms with Gasteiger partial charge in [0.05, 0.1) is 60.8 Å². The summed E-state index contributed by atoms with van der Waals surface area (Å²) in [7, 11) is 0. The van der Waals surface area contributed by atoms with Gasteiger partial charge in [-0.2, -0.15) is 13.2 Å². The van der Waals surface area contributed by atoms with Crippen molar-refractivity contribution in [2.24, 2.45) is 0 Å². The lowest BCUT2D eigenvalue weighted by Crippen LogP contribution is -2.40. The van der Waals surface area contributed by atoms with Crippen molar-refractivity contribution < 1.29 is 35.9 Å². The molecule has 15 nitrogen and oxygen atoms in total. The zero-order valence-electron chi connectivity index (χ0n) is 33.3. The molecule has 312 valence electrons. The number of hydrogen-bond acceptors (Lipinski definition) is 7. The van der Waals surface area contributed by atoms with Crippen molar-refractivity contribution in [3.8, 4) is 5.75 Å². The first-order chi connectivity index (χ1) is 28.4. The maximum atomic E-state index is 13.2. The number of anilines is 3. The highest BCUT2D eigenvalue weighted by Gasteiger charge is 2.34. The molecule has 19 heteroatoms. The molecule has 0 aliphatic heterocycles. The molecular weight excluding hydrogens is 802 g/mol. The summed E-state index contributed by atoms with van der Waals surface area (Å²) in [4.78, 5) is 36.8. The Bertz CT molecular complexity index is 2390. The van der Waals surface area contributed by atoms with E-state index in [1.54, 1.807) is 26.0 Å². The molecule has 0 aliphatic rings. The molecule has 0 radical (unpaired) electrons. The summed E-state index contributed by atoms with van der Waals surface area (Å²) < 4.78 is 63.2. The van der Waals surface area contributed by atoms with E-state index in [1.165, 1.54) is 17.7 Å². The van der Waals surface area contributed by atoms with Crippen molar-refractivity contribution in [2.75, 3.05) is 29.3 Å². The minimum Gasteiger partial charge on any atom is -0.493 e. The number of rotatable bonds is 13. The maximum absolute atomic E-state index is 13.2. The van der Waals surface area contributed by atoms with E-state index in [9.17, 15) is 27.0 Å². The fraction of sp³-hybridized carbons (Fsp3) is 0.268. The van der Waals surface area contributed by atoms with E-state index in [-0.39, 0.29) is 33.7 Å². The fourth-order valence-electron chi connectivity index (χ4n) is 5.21. The molecule has 60 heavy (non-hydrogen) atoms. The number of urea groups is 2. The lowest BCUT2D eigenvalue weighted by atomic mass is 10.1. The molecule has 4 aromatic carbocycles. The molecule has 0 fully saturated rings. The summed E-state index contributed by atoms with van der Waals surface area (Å²) >= 11 is -1.89. The minimum atomic E-state index is -4.77. The molecular formula is C41H41F3N10O5S. The Morgan fingerprint density at radius 3 is 1.85 bits per heavy atom. The van der Waals surface area contributed by atoms with Crippen LogP contribution in [0.15, 0.2) is 65.6 Å². The molecule has 4 aromatic rings. The highest BCUT2D eigenvalue weighted by molar-refractivity contribution is 7.80. The number of carbonyl (C=O) groups is 2. The summed E-state index contributed by atoms with van der Waals surface area (Å²) in [5, 5.41) is 5.19. The second-order valence-corrected chi connectivity index (χ2v) is 14.2. The van der Waals surface area contributed by atoms with Gasteiger partial charge in [-0.1, -0.05) is 29.8 Å². The van der Waals surface area contributed by atoms with Gasteiger partial charge in [0, 0.05) is 12.2 Å². The fourth-order valence-corrected chi connectivity index (χ4v) is 6.16. The second-order valence-electron chi connectivity index (χ2n) is 13.1. The maximum Gasteiger partial charge on any atom is 0.417 e. The van der Waals surface area contributed by atoms with Gasteiger partial charge in [-0.15, -0.1) is 0 Å². The van der Waals surface area contributed by atoms with E-state index >= 15 is 0 Å². The van der Waals surface area contributed by atoms with Crippen LogP contribution < -0.4 is 37.1 Å². The van der Waals surface area contributed by atoms with Crippen LogP contribution in [0.3, 0.4) is 0 Å². The van der Waals surface area contributed by atoms with Gasteiger partial charge in [-0.3, -0.25) is 45.3 Å². The van der Waals surface area contributed by atoms with Crippen LogP contribution in [0.4, 0.5) is 62.6 Å². The largest absolute Gasteiger partial charge is 0.493 e. The zero-order valence-corrected chi connectivity index (χ0v) is 34.2. The molecule has 0 aliphatic carbocycles. The van der Waals surface area contributed by atoms with E-state index in [0.717, 1.165) is 28.5 Å². The predicted molar refractivity (Wildman–Crippen MR) is 223 cm³/mol. The van der Waals surface area contributed by atoms with Gasteiger partial charge in [0.25, 0.3) is 0 Å². The van der Waals surface area contributed by atoms with Crippen molar-refractivity contribution >= 4 is 63.0 Å². The number of nitrogens with zero attached hydrogens (tertiary/aromatic N) is 4. The number of alkyl halides is 3. The lowest BCUT2D eigenvalue weighted by Gasteiger charge is -2.17. The van der Waals surface area contributed by atoms with Crippen molar-refractivity contribution in [1.82, 2.24) is 16.2 Å². The molecule has 0 spiro atoms. The van der Waals surface area contributed by atoms with E-state index in [4.69, 9.17) is 35.2 Å². The lowest BCUT2D eigenvalue weighted by molar-refractivity contribution is -0.136. The topological polar surface area (TPSA) is 159 Å². The quantitative estimate of drug-likeness (QED) is 0.0444. The average Bonchev–Trinajstić information content (AvgIpc) is 3.18. The Labute approximate surface area is 348 Å². The number of hydrazine groups is 2. The number of hydrogen-bond donors (Lipinski definition) is 6. The van der Waals surface area contributed by atoms with E-state index in [0.29, 0.717) is 31.3 Å². The molecule has 6 N–H and O–H groups in total. The average molecular weight is 843 g/mol. The minimum absolute atomic E-state index is 0.0551. The Morgan fingerprint density at radius 1 is 0.733 bits per heavy atom. The second kappa shape index (κ2) is 22.0. The Kier molecular flexibility index (Phi) is 17.3. The molecule has 0 aromatic heterocycles. The summed E-state index contributed by atoms with van der Waals surface area (Å²) in [6, 6.07) is 14.1. The molecule has 1 atom stereocenters. The summed E-state index contributed by atoms with van der Waals surface area (Å²) in [5.74, 6) is 0.814. The van der Waals surface area contributed by atoms with Gasteiger partial charge >= 0.3 is 18.2 Å². The predicted octanol–water partition coefficient (Wildman–Crippen LogP) is 10.5. The van der Waals surface area contributed by atoms with Crippen LogP contribution in [0.1, 0.15) is 48.1 Å². The van der Waals surface area contributed by atoms with Gasteiger partial charge in [0.1, 0.15) is 5.75 Å². The van der Waals surface area contributed by atoms with Crippen molar-refractivity contribution in [1.29, 1.82) is 0 Å². The third-order valence-corrected chi connectivity index (χ3v) is 8.99. The van der Waals surface area contributed by atoms with Gasteiger partial charge in [-0.05, 0) is 101 Å². The van der Waals surface area contributed by atoms with Crippen LogP contribution in [0.2, 0.25) is 0 Å². The monoisotopic (exact) mass is 842 g/mol. The molecule has 4 rings (SSSR count). The first-order valence-corrected chi connectivity index (χ1v) is 18.9. The van der Waals surface area contributed by atoms with E-state index in [1.807, 2.05) is 52.0 Å². The number of benzene rings is 4. The van der Waals surface area contributed by atoms with E-state index < -0.39 is 46.3 Å². The Balaban J connectivity index is 0.000000327. The van der Waals surface area contributed by atoms with Crippen LogP contribution >= 0.6 is 0 Å². The van der Waals surface area contributed by atoms with Crippen LogP contribution in [-0.4, -0.2) is 35.5 Å². The number of aryl methyl sites for hydroxylation is 4. The summed E-state index contributed by atoms with van der Waals surface area (Å²) in [5.41, 5.74) is 11.9. The van der Waals surface area contributed by atoms with Gasteiger partial charge < -0.3 is 15.4 Å². The van der Waals surface area contributed by atoms with Crippen molar-refractivity contribution in [3.05, 3.63) is 134 Å². The first kappa shape index (κ1) is 47.1. The number of nitrogens with one attached hydrogen (secondary N) is 6. The van der Waals surface area contributed by atoms with E-state index in [2.05, 4.69) is 51.7 Å².